The van der Waals surface area contributed by atoms with E-state index in [0.717, 1.165) is 45.7 Å². The molecule has 3 heterocycles. The molecule has 1 atom stereocenters. The van der Waals surface area contributed by atoms with Crippen LogP contribution in [0.2, 0.25) is 0 Å². The van der Waals surface area contributed by atoms with Crippen molar-refractivity contribution in [3.63, 3.8) is 0 Å². The van der Waals surface area contributed by atoms with Crippen LogP contribution in [0.5, 0.6) is 0 Å². The first kappa shape index (κ1) is 16.7. The average Bonchev–Trinajstić information content (AvgIpc) is 3.23. The summed E-state index contributed by atoms with van der Waals surface area (Å²) in [7, 11) is 0. The summed E-state index contributed by atoms with van der Waals surface area (Å²) < 4.78 is 3.82. The molecule has 0 aromatic carbocycles. The van der Waals surface area contributed by atoms with E-state index in [0.29, 0.717) is 0 Å². The maximum absolute atomic E-state index is 12.7. The van der Waals surface area contributed by atoms with Crippen molar-refractivity contribution in [3.05, 3.63) is 36.7 Å². The first-order chi connectivity index (χ1) is 11.7. The van der Waals surface area contributed by atoms with Crippen molar-refractivity contribution in [2.75, 3.05) is 26.2 Å². The summed E-state index contributed by atoms with van der Waals surface area (Å²) in [6.45, 7) is 9.34. The molecular formula is C17H26N6O. The number of carbonyl (C=O) groups is 1. The van der Waals surface area contributed by atoms with E-state index in [4.69, 9.17) is 0 Å². The third-order valence-corrected chi connectivity index (χ3v) is 4.65. The van der Waals surface area contributed by atoms with Gasteiger partial charge in [0.05, 0.1) is 12.5 Å². The number of nitrogens with zero attached hydrogens (tertiary/aromatic N) is 6. The van der Waals surface area contributed by atoms with Crippen molar-refractivity contribution in [3.8, 4) is 0 Å². The summed E-state index contributed by atoms with van der Waals surface area (Å²) >= 11 is 0. The molecular weight excluding hydrogens is 304 g/mol. The SMILES string of the molecule is CCn1cc(CN2CCCN(C(=O)[C@@H](C)n3ccnc3)CC2)cn1. The van der Waals surface area contributed by atoms with E-state index in [9.17, 15) is 4.79 Å². The Hall–Kier alpha value is -2.15. The van der Waals surface area contributed by atoms with E-state index in [1.165, 1.54) is 5.56 Å². The highest BCUT2D eigenvalue weighted by Gasteiger charge is 2.24. The molecule has 1 saturated heterocycles. The van der Waals surface area contributed by atoms with Crippen LogP contribution in [0.4, 0.5) is 0 Å². The lowest BCUT2D eigenvalue weighted by Gasteiger charge is -2.25. The van der Waals surface area contributed by atoms with Gasteiger partial charge in [0.15, 0.2) is 0 Å². The van der Waals surface area contributed by atoms with Gasteiger partial charge in [-0.1, -0.05) is 0 Å². The topological polar surface area (TPSA) is 59.2 Å². The van der Waals surface area contributed by atoms with Crippen molar-refractivity contribution in [1.29, 1.82) is 0 Å². The fourth-order valence-corrected chi connectivity index (χ4v) is 3.16. The van der Waals surface area contributed by atoms with Crippen molar-refractivity contribution >= 4 is 5.91 Å². The molecule has 0 spiro atoms. The lowest BCUT2D eigenvalue weighted by molar-refractivity contribution is -0.134. The maximum Gasteiger partial charge on any atom is 0.245 e. The van der Waals surface area contributed by atoms with Crippen LogP contribution in [0.15, 0.2) is 31.1 Å². The number of rotatable bonds is 5. The second-order valence-corrected chi connectivity index (χ2v) is 6.35. The van der Waals surface area contributed by atoms with E-state index in [-0.39, 0.29) is 11.9 Å². The van der Waals surface area contributed by atoms with Crippen LogP contribution in [0.25, 0.3) is 0 Å². The zero-order valence-corrected chi connectivity index (χ0v) is 14.5. The van der Waals surface area contributed by atoms with Crippen LogP contribution in [0.3, 0.4) is 0 Å². The van der Waals surface area contributed by atoms with Gasteiger partial charge in [-0.25, -0.2) is 4.98 Å². The molecule has 7 heteroatoms. The van der Waals surface area contributed by atoms with E-state index in [2.05, 4.69) is 28.1 Å². The summed E-state index contributed by atoms with van der Waals surface area (Å²) in [5.41, 5.74) is 1.24. The molecule has 1 fully saturated rings. The molecule has 0 unspecified atom stereocenters. The summed E-state index contributed by atoms with van der Waals surface area (Å²) in [4.78, 5) is 21.1. The molecule has 7 nitrogen and oxygen atoms in total. The van der Waals surface area contributed by atoms with Crippen molar-refractivity contribution in [2.24, 2.45) is 0 Å². The zero-order chi connectivity index (χ0) is 16.9. The quantitative estimate of drug-likeness (QED) is 0.831. The Labute approximate surface area is 142 Å². The van der Waals surface area contributed by atoms with Crippen molar-refractivity contribution in [2.45, 2.75) is 39.4 Å². The number of hydrogen-bond donors (Lipinski definition) is 0. The molecule has 0 bridgehead atoms. The zero-order valence-electron chi connectivity index (χ0n) is 14.5. The molecule has 1 amide bonds. The van der Waals surface area contributed by atoms with Gasteiger partial charge in [0, 0.05) is 63.4 Å². The Balaban J connectivity index is 1.55. The molecule has 130 valence electrons. The minimum absolute atomic E-state index is 0.175. The van der Waals surface area contributed by atoms with Gasteiger partial charge in [0.25, 0.3) is 0 Å². The minimum Gasteiger partial charge on any atom is -0.340 e. The van der Waals surface area contributed by atoms with E-state index in [1.807, 2.05) is 33.5 Å². The lowest BCUT2D eigenvalue weighted by Crippen LogP contribution is -2.38. The van der Waals surface area contributed by atoms with Gasteiger partial charge in [-0.2, -0.15) is 5.10 Å². The van der Waals surface area contributed by atoms with Crippen LogP contribution < -0.4 is 0 Å². The summed E-state index contributed by atoms with van der Waals surface area (Å²) in [5.74, 6) is 0.175. The molecule has 1 aliphatic rings. The number of imidazole rings is 1. The van der Waals surface area contributed by atoms with Gasteiger partial charge in [-0.3, -0.25) is 14.4 Å². The smallest absolute Gasteiger partial charge is 0.245 e. The first-order valence-electron chi connectivity index (χ1n) is 8.67. The minimum atomic E-state index is -0.193. The Kier molecular flexibility index (Phi) is 5.30. The standard InChI is InChI=1S/C17H26N6O/c1-3-23-13-16(11-19-23)12-20-6-4-7-21(10-9-20)17(24)15(2)22-8-5-18-14-22/h5,8,11,13-15H,3-4,6-7,9-10,12H2,1-2H3/t15-/m1/s1. The van der Waals surface area contributed by atoms with Gasteiger partial charge in [0.2, 0.25) is 5.91 Å². The lowest BCUT2D eigenvalue weighted by atomic mass is 10.2. The molecule has 2 aromatic rings. The summed E-state index contributed by atoms with van der Waals surface area (Å²) in [5, 5.41) is 4.34. The first-order valence-corrected chi connectivity index (χ1v) is 8.67. The number of hydrogen-bond acceptors (Lipinski definition) is 4. The highest BCUT2D eigenvalue weighted by molar-refractivity contribution is 5.80. The highest BCUT2D eigenvalue weighted by Crippen LogP contribution is 2.14. The molecule has 0 N–H and O–H groups in total. The number of aromatic nitrogens is 4. The second-order valence-electron chi connectivity index (χ2n) is 6.35. The van der Waals surface area contributed by atoms with Gasteiger partial charge < -0.3 is 9.47 Å². The fraction of sp³-hybridized carbons (Fsp3) is 0.588. The number of amides is 1. The Bertz CT molecular complexity index is 650. The predicted molar refractivity (Wildman–Crippen MR) is 91.3 cm³/mol. The monoisotopic (exact) mass is 330 g/mol. The Morgan fingerprint density at radius 3 is 2.88 bits per heavy atom. The maximum atomic E-state index is 12.7. The van der Waals surface area contributed by atoms with Crippen molar-refractivity contribution < 1.29 is 4.79 Å². The third-order valence-electron chi connectivity index (χ3n) is 4.65. The molecule has 24 heavy (non-hydrogen) atoms. The molecule has 3 rings (SSSR count). The molecule has 0 aliphatic carbocycles. The van der Waals surface area contributed by atoms with Crippen LogP contribution >= 0.6 is 0 Å². The van der Waals surface area contributed by atoms with E-state index in [1.54, 1.807) is 12.5 Å². The molecule has 1 aliphatic heterocycles. The van der Waals surface area contributed by atoms with E-state index >= 15 is 0 Å². The molecule has 0 saturated carbocycles. The van der Waals surface area contributed by atoms with Crippen LogP contribution in [-0.4, -0.2) is 61.2 Å². The third kappa shape index (κ3) is 3.84. The van der Waals surface area contributed by atoms with E-state index < -0.39 is 0 Å². The van der Waals surface area contributed by atoms with Crippen LogP contribution in [0, 0.1) is 0 Å². The highest BCUT2D eigenvalue weighted by atomic mass is 16.2. The van der Waals surface area contributed by atoms with Gasteiger partial charge in [-0.15, -0.1) is 0 Å². The average molecular weight is 330 g/mol. The summed E-state index contributed by atoms with van der Waals surface area (Å²) in [6, 6.07) is -0.193. The molecule has 0 radical (unpaired) electrons. The van der Waals surface area contributed by atoms with Crippen LogP contribution in [0.1, 0.15) is 31.9 Å². The van der Waals surface area contributed by atoms with Crippen molar-refractivity contribution in [1.82, 2.24) is 29.1 Å². The second kappa shape index (κ2) is 7.61. The van der Waals surface area contributed by atoms with Gasteiger partial charge in [0.1, 0.15) is 6.04 Å². The molecule has 2 aromatic heterocycles. The number of carbonyl (C=O) groups excluding carboxylic acids is 1. The number of aryl methyl sites for hydroxylation is 1. The normalized spacial score (nSPS) is 17.7. The fourth-order valence-electron chi connectivity index (χ4n) is 3.16. The van der Waals surface area contributed by atoms with Gasteiger partial charge in [-0.05, 0) is 20.3 Å². The largest absolute Gasteiger partial charge is 0.340 e. The Morgan fingerprint density at radius 1 is 1.29 bits per heavy atom. The van der Waals surface area contributed by atoms with Gasteiger partial charge >= 0.3 is 0 Å². The predicted octanol–water partition coefficient (Wildman–Crippen LogP) is 1.39. The Morgan fingerprint density at radius 2 is 2.17 bits per heavy atom. The summed E-state index contributed by atoms with van der Waals surface area (Å²) in [6.07, 6.45) is 10.3. The van der Waals surface area contributed by atoms with Crippen LogP contribution in [-0.2, 0) is 17.9 Å².